The van der Waals surface area contributed by atoms with Crippen LogP contribution in [0.5, 0.6) is 0 Å². The minimum atomic E-state index is -1.38. The first-order valence-electron chi connectivity index (χ1n) is 26.9. The minimum absolute atomic E-state index is 0.222. The molecule has 406 valence electrons. The zero-order valence-corrected chi connectivity index (χ0v) is 43.9. The molecule has 16 heteroatoms. The SMILES string of the molecule is CCCCCCCCCCCC(CCCCCCCCCCC)(C(=O)O)C(=O)NCCOCCOCCOCCOCCOCCOCCOCCOCCOCCOCCOCCOC(C)C. The van der Waals surface area contributed by atoms with Crippen molar-refractivity contribution >= 4 is 11.9 Å². The van der Waals surface area contributed by atoms with E-state index >= 15 is 0 Å². The van der Waals surface area contributed by atoms with Crippen molar-refractivity contribution in [1.82, 2.24) is 5.32 Å². The van der Waals surface area contributed by atoms with Gasteiger partial charge in [0, 0.05) is 6.54 Å². The fourth-order valence-electron chi connectivity index (χ4n) is 7.19. The van der Waals surface area contributed by atoms with Crippen molar-refractivity contribution in [2.75, 3.05) is 159 Å². The third-order valence-corrected chi connectivity index (χ3v) is 11.2. The van der Waals surface area contributed by atoms with Gasteiger partial charge in [-0.1, -0.05) is 129 Å². The lowest BCUT2D eigenvalue weighted by molar-refractivity contribution is -0.157. The van der Waals surface area contributed by atoms with Crippen LogP contribution >= 0.6 is 0 Å². The molecule has 0 rings (SSSR count). The van der Waals surface area contributed by atoms with Crippen LogP contribution in [0.4, 0.5) is 0 Å². The van der Waals surface area contributed by atoms with Gasteiger partial charge in [-0.05, 0) is 26.7 Å². The number of aliphatic carboxylic acids is 1. The molecule has 2 N–H and O–H groups in total. The van der Waals surface area contributed by atoms with Gasteiger partial charge in [-0.25, -0.2) is 0 Å². The molecule has 0 radical (unpaired) electrons. The van der Waals surface area contributed by atoms with Gasteiger partial charge >= 0.3 is 5.97 Å². The molecule has 0 saturated heterocycles. The second-order valence-corrected chi connectivity index (χ2v) is 17.5. The molecule has 0 aromatic heterocycles. The molecule has 0 unspecified atom stereocenters. The summed E-state index contributed by atoms with van der Waals surface area (Å²) in [5.74, 6) is -1.38. The van der Waals surface area contributed by atoms with Crippen LogP contribution in [0.25, 0.3) is 0 Å². The number of hydrogen-bond donors (Lipinski definition) is 2. The summed E-state index contributed by atoms with van der Waals surface area (Å²) in [6, 6.07) is 0. The van der Waals surface area contributed by atoms with E-state index in [0.717, 1.165) is 38.5 Å². The standard InChI is InChI=1S/C52H103NO15/c1-5-7-9-11-13-15-17-19-21-23-52(51(55)56,24-22-20-18-16-14-12-10-8-6-2)50(54)53-25-26-57-27-28-58-29-30-59-31-32-60-33-34-61-35-36-62-37-38-63-39-40-64-41-42-65-43-44-66-45-46-67-47-48-68-49(3)4/h49H,5-48H2,1-4H3,(H,53,54)(H,55,56). The monoisotopic (exact) mass is 982 g/mol. The maximum atomic E-state index is 13.5. The first-order chi connectivity index (χ1) is 33.4. The predicted octanol–water partition coefficient (Wildman–Crippen LogP) is 8.62. The molecule has 68 heavy (non-hydrogen) atoms. The highest BCUT2D eigenvalue weighted by atomic mass is 16.6. The van der Waals surface area contributed by atoms with E-state index in [1.54, 1.807) is 0 Å². The van der Waals surface area contributed by atoms with E-state index in [1.807, 2.05) is 13.8 Å². The molecule has 1 amide bonds. The van der Waals surface area contributed by atoms with Crippen molar-refractivity contribution in [3.63, 3.8) is 0 Å². The second-order valence-electron chi connectivity index (χ2n) is 17.5. The first kappa shape index (κ1) is 66.5. The van der Waals surface area contributed by atoms with Gasteiger partial charge in [0.15, 0.2) is 0 Å². The van der Waals surface area contributed by atoms with Gasteiger partial charge in [0.25, 0.3) is 0 Å². The minimum Gasteiger partial charge on any atom is -0.480 e. The Morgan fingerprint density at radius 1 is 0.368 bits per heavy atom. The van der Waals surface area contributed by atoms with Gasteiger partial charge in [-0.15, -0.1) is 0 Å². The molecule has 0 aromatic carbocycles. The zero-order chi connectivity index (χ0) is 49.5. The first-order valence-corrected chi connectivity index (χ1v) is 26.9. The summed E-state index contributed by atoms with van der Waals surface area (Å²) < 4.78 is 66.2. The number of carboxylic acid groups (broad SMARTS) is 1. The van der Waals surface area contributed by atoms with Crippen molar-refractivity contribution < 1.29 is 71.5 Å². The second kappa shape index (κ2) is 54.8. The Hall–Kier alpha value is -1.54. The molecule has 0 fully saturated rings. The summed E-state index contributed by atoms with van der Waals surface area (Å²) in [7, 11) is 0. The number of carbonyl (C=O) groups excluding carboxylic acids is 1. The van der Waals surface area contributed by atoms with Crippen molar-refractivity contribution in [2.45, 2.75) is 162 Å². The zero-order valence-electron chi connectivity index (χ0n) is 43.9. The number of carboxylic acids is 1. The Morgan fingerprint density at radius 2 is 0.603 bits per heavy atom. The molecule has 0 aliphatic rings. The van der Waals surface area contributed by atoms with E-state index in [1.165, 1.54) is 77.0 Å². The summed E-state index contributed by atoms with van der Waals surface area (Å²) in [6.07, 6.45) is 21.6. The largest absolute Gasteiger partial charge is 0.480 e. The maximum Gasteiger partial charge on any atom is 0.319 e. The average Bonchev–Trinajstić information content (AvgIpc) is 3.33. The summed E-state index contributed by atoms with van der Waals surface area (Å²) in [5, 5.41) is 13.3. The number of nitrogens with one attached hydrogen (secondary N) is 1. The van der Waals surface area contributed by atoms with Gasteiger partial charge in [-0.2, -0.15) is 0 Å². The molecule has 0 heterocycles. The van der Waals surface area contributed by atoms with Crippen LogP contribution in [0.15, 0.2) is 0 Å². The van der Waals surface area contributed by atoms with Crippen molar-refractivity contribution in [2.24, 2.45) is 5.41 Å². The Balaban J connectivity index is 3.76. The third kappa shape index (κ3) is 46.8. The molecular weight excluding hydrogens is 879 g/mol. The Kier molecular flexibility index (Phi) is 53.5. The Labute approximate surface area is 413 Å². The molecule has 0 saturated carbocycles. The van der Waals surface area contributed by atoms with Gasteiger partial charge in [0.2, 0.25) is 5.91 Å². The van der Waals surface area contributed by atoms with Crippen molar-refractivity contribution in [3.8, 4) is 0 Å². The average molecular weight is 982 g/mol. The number of unbranched alkanes of at least 4 members (excludes halogenated alkanes) is 16. The highest BCUT2D eigenvalue weighted by Gasteiger charge is 2.44. The highest BCUT2D eigenvalue weighted by molar-refractivity contribution is 6.01. The van der Waals surface area contributed by atoms with E-state index in [2.05, 4.69) is 19.2 Å². The Morgan fingerprint density at radius 3 is 0.853 bits per heavy atom. The number of rotatable bonds is 59. The molecule has 0 aliphatic carbocycles. The van der Waals surface area contributed by atoms with Gasteiger partial charge in [0.05, 0.1) is 158 Å². The molecule has 16 nitrogen and oxygen atoms in total. The van der Waals surface area contributed by atoms with Crippen molar-refractivity contribution in [3.05, 3.63) is 0 Å². The lowest BCUT2D eigenvalue weighted by Gasteiger charge is -2.28. The predicted molar refractivity (Wildman–Crippen MR) is 267 cm³/mol. The van der Waals surface area contributed by atoms with Gasteiger partial charge in [-0.3, -0.25) is 9.59 Å². The van der Waals surface area contributed by atoms with Crippen LogP contribution in [-0.4, -0.2) is 182 Å². The molecular formula is C52H103NO15. The van der Waals surface area contributed by atoms with E-state index < -0.39 is 11.4 Å². The van der Waals surface area contributed by atoms with Crippen molar-refractivity contribution in [1.29, 1.82) is 0 Å². The third-order valence-electron chi connectivity index (χ3n) is 11.2. The van der Waals surface area contributed by atoms with E-state index in [0.29, 0.717) is 165 Å². The van der Waals surface area contributed by atoms with Crippen LogP contribution in [0.3, 0.4) is 0 Å². The van der Waals surface area contributed by atoms with E-state index in [9.17, 15) is 14.7 Å². The smallest absolute Gasteiger partial charge is 0.319 e. The number of hydrogen-bond acceptors (Lipinski definition) is 14. The van der Waals surface area contributed by atoms with Crippen LogP contribution < -0.4 is 5.32 Å². The summed E-state index contributed by atoms with van der Waals surface area (Å²) >= 11 is 0. The Bertz CT molecular complexity index is 1010. The maximum absolute atomic E-state index is 13.5. The van der Waals surface area contributed by atoms with Crippen LogP contribution in [-0.2, 0) is 66.4 Å². The topological polar surface area (TPSA) is 177 Å². The molecule has 0 aliphatic heterocycles. The van der Waals surface area contributed by atoms with E-state index in [4.69, 9.17) is 56.8 Å². The van der Waals surface area contributed by atoms with E-state index in [-0.39, 0.29) is 18.6 Å². The molecule has 0 atom stereocenters. The lowest BCUT2D eigenvalue weighted by atomic mass is 9.76. The molecule has 0 spiro atoms. The van der Waals surface area contributed by atoms with Crippen LogP contribution in [0.1, 0.15) is 156 Å². The number of amides is 1. The fraction of sp³-hybridized carbons (Fsp3) is 0.962. The number of carbonyl (C=O) groups is 2. The van der Waals surface area contributed by atoms with Crippen LogP contribution in [0.2, 0.25) is 0 Å². The molecule has 0 aromatic rings. The number of ether oxygens (including phenoxy) is 12. The normalized spacial score (nSPS) is 11.9. The highest BCUT2D eigenvalue weighted by Crippen LogP contribution is 2.33. The summed E-state index contributed by atoms with van der Waals surface area (Å²) in [6.45, 7) is 19.8. The summed E-state index contributed by atoms with van der Waals surface area (Å²) in [5.41, 5.74) is -1.38. The quantitative estimate of drug-likeness (QED) is 0.0437. The van der Waals surface area contributed by atoms with Gasteiger partial charge in [0.1, 0.15) is 5.41 Å². The molecule has 0 bridgehead atoms. The fourth-order valence-corrected chi connectivity index (χ4v) is 7.19. The van der Waals surface area contributed by atoms with Crippen LogP contribution in [0, 0.1) is 5.41 Å². The summed E-state index contributed by atoms with van der Waals surface area (Å²) in [4.78, 5) is 26.3. The lowest BCUT2D eigenvalue weighted by Crippen LogP contribution is -2.47. The van der Waals surface area contributed by atoms with Gasteiger partial charge < -0.3 is 67.3 Å².